The van der Waals surface area contributed by atoms with E-state index in [9.17, 15) is 4.79 Å². The van der Waals surface area contributed by atoms with Crippen LogP contribution in [0.15, 0.2) is 36.7 Å². The van der Waals surface area contributed by atoms with Crippen molar-refractivity contribution in [1.29, 1.82) is 0 Å². The third-order valence-corrected chi connectivity index (χ3v) is 2.39. The van der Waals surface area contributed by atoms with Crippen molar-refractivity contribution < 1.29 is 4.79 Å². The molecule has 16 heavy (non-hydrogen) atoms. The molecule has 82 valence electrons. The van der Waals surface area contributed by atoms with Crippen LogP contribution in [0.25, 0.3) is 0 Å². The number of H-pyrrole nitrogens is 1. The zero-order valence-electron chi connectivity index (χ0n) is 8.95. The summed E-state index contributed by atoms with van der Waals surface area (Å²) in [7, 11) is 0. The van der Waals surface area contributed by atoms with Crippen molar-refractivity contribution in [3.8, 4) is 0 Å². The summed E-state index contributed by atoms with van der Waals surface area (Å²) in [6.07, 6.45) is 3.36. The van der Waals surface area contributed by atoms with E-state index in [2.05, 4.69) is 10.3 Å². The van der Waals surface area contributed by atoms with Gasteiger partial charge in [-0.1, -0.05) is 0 Å². The first-order valence-corrected chi connectivity index (χ1v) is 4.97. The van der Waals surface area contributed by atoms with Crippen LogP contribution in [-0.2, 0) is 0 Å². The zero-order valence-corrected chi connectivity index (χ0v) is 8.95. The molecule has 0 saturated heterocycles. The van der Waals surface area contributed by atoms with Gasteiger partial charge in [0, 0.05) is 23.8 Å². The highest BCUT2D eigenvalue weighted by molar-refractivity contribution is 6.04. The highest BCUT2D eigenvalue weighted by Gasteiger charge is 2.06. The molecule has 1 aromatic heterocycles. The number of carbonyl (C=O) groups excluding carboxylic acids is 1. The molecule has 0 aliphatic rings. The minimum absolute atomic E-state index is 0.134. The molecule has 0 atom stereocenters. The summed E-state index contributed by atoms with van der Waals surface area (Å²) in [5.41, 5.74) is 8.72. The van der Waals surface area contributed by atoms with Crippen molar-refractivity contribution in [3.63, 3.8) is 0 Å². The Kier molecular flexibility index (Phi) is 2.64. The Morgan fingerprint density at radius 1 is 1.38 bits per heavy atom. The van der Waals surface area contributed by atoms with Gasteiger partial charge in [0.15, 0.2) is 0 Å². The number of aromatic amines is 1. The van der Waals surface area contributed by atoms with Crippen molar-refractivity contribution in [1.82, 2.24) is 4.98 Å². The first kappa shape index (κ1) is 10.3. The molecule has 0 aliphatic carbocycles. The number of nitrogens with one attached hydrogen (secondary N) is 2. The van der Waals surface area contributed by atoms with Gasteiger partial charge in [-0.2, -0.15) is 0 Å². The summed E-state index contributed by atoms with van der Waals surface area (Å²) in [5.74, 6) is -0.134. The van der Waals surface area contributed by atoms with Gasteiger partial charge in [-0.25, -0.2) is 0 Å². The smallest absolute Gasteiger partial charge is 0.257 e. The lowest BCUT2D eigenvalue weighted by molar-refractivity contribution is 0.102. The van der Waals surface area contributed by atoms with Crippen molar-refractivity contribution in [2.45, 2.75) is 6.92 Å². The molecule has 0 spiro atoms. The van der Waals surface area contributed by atoms with Gasteiger partial charge in [-0.3, -0.25) is 4.79 Å². The number of benzene rings is 1. The second kappa shape index (κ2) is 4.10. The van der Waals surface area contributed by atoms with Gasteiger partial charge in [0.05, 0.1) is 5.56 Å². The summed E-state index contributed by atoms with van der Waals surface area (Å²) in [5, 5.41) is 2.80. The van der Waals surface area contributed by atoms with Gasteiger partial charge >= 0.3 is 0 Å². The number of hydrogen-bond acceptors (Lipinski definition) is 2. The van der Waals surface area contributed by atoms with E-state index in [1.807, 2.05) is 13.0 Å². The average Bonchev–Trinajstić information content (AvgIpc) is 2.77. The second-order valence-electron chi connectivity index (χ2n) is 3.63. The van der Waals surface area contributed by atoms with Crippen molar-refractivity contribution >= 4 is 17.3 Å². The number of nitrogens with two attached hydrogens (primary N) is 1. The molecule has 1 amide bonds. The summed E-state index contributed by atoms with van der Waals surface area (Å²) in [6, 6.07) is 7.13. The van der Waals surface area contributed by atoms with E-state index in [1.54, 1.807) is 30.6 Å². The molecule has 0 unspecified atom stereocenters. The normalized spacial score (nSPS) is 10.1. The maximum atomic E-state index is 11.7. The fraction of sp³-hybridized carbons (Fsp3) is 0.0833. The van der Waals surface area contributed by atoms with E-state index in [-0.39, 0.29) is 5.91 Å². The van der Waals surface area contributed by atoms with Gasteiger partial charge in [0.2, 0.25) is 0 Å². The Hall–Kier alpha value is -2.23. The molecule has 2 rings (SSSR count). The van der Waals surface area contributed by atoms with E-state index in [0.29, 0.717) is 5.56 Å². The molecular weight excluding hydrogens is 202 g/mol. The molecule has 0 aliphatic heterocycles. The van der Waals surface area contributed by atoms with E-state index in [0.717, 1.165) is 16.9 Å². The predicted molar refractivity (Wildman–Crippen MR) is 64.3 cm³/mol. The second-order valence-corrected chi connectivity index (χ2v) is 3.63. The van der Waals surface area contributed by atoms with Crippen LogP contribution in [-0.4, -0.2) is 10.9 Å². The fourth-order valence-corrected chi connectivity index (χ4v) is 1.42. The Bertz CT molecular complexity index is 503. The van der Waals surface area contributed by atoms with Gasteiger partial charge in [-0.15, -0.1) is 0 Å². The molecule has 4 nitrogen and oxygen atoms in total. The van der Waals surface area contributed by atoms with Crippen molar-refractivity contribution in [3.05, 3.63) is 47.8 Å². The van der Waals surface area contributed by atoms with Crippen molar-refractivity contribution in [2.75, 3.05) is 11.1 Å². The molecule has 0 radical (unpaired) electrons. The minimum Gasteiger partial charge on any atom is -0.399 e. The topological polar surface area (TPSA) is 70.9 Å². The first-order chi connectivity index (χ1) is 7.66. The largest absolute Gasteiger partial charge is 0.399 e. The molecule has 0 bridgehead atoms. The Morgan fingerprint density at radius 2 is 2.19 bits per heavy atom. The Labute approximate surface area is 93.5 Å². The summed E-state index contributed by atoms with van der Waals surface area (Å²) >= 11 is 0. The maximum absolute atomic E-state index is 11.7. The summed E-state index contributed by atoms with van der Waals surface area (Å²) in [4.78, 5) is 14.5. The third kappa shape index (κ3) is 2.06. The average molecular weight is 215 g/mol. The van der Waals surface area contributed by atoms with E-state index >= 15 is 0 Å². The fourth-order valence-electron chi connectivity index (χ4n) is 1.42. The molecule has 1 aromatic carbocycles. The summed E-state index contributed by atoms with van der Waals surface area (Å²) < 4.78 is 0. The molecule has 0 fully saturated rings. The van der Waals surface area contributed by atoms with Crippen molar-refractivity contribution in [2.24, 2.45) is 0 Å². The van der Waals surface area contributed by atoms with Gasteiger partial charge in [0.25, 0.3) is 5.91 Å². The molecule has 2 aromatic rings. The van der Waals surface area contributed by atoms with Gasteiger partial charge in [0.1, 0.15) is 0 Å². The molecule has 4 N–H and O–H groups in total. The van der Waals surface area contributed by atoms with Crippen LogP contribution in [0.5, 0.6) is 0 Å². The maximum Gasteiger partial charge on any atom is 0.257 e. The van der Waals surface area contributed by atoms with Crippen LogP contribution in [0.3, 0.4) is 0 Å². The number of aromatic nitrogens is 1. The van der Waals surface area contributed by atoms with Crippen LogP contribution in [0.1, 0.15) is 15.9 Å². The number of carbonyl (C=O) groups is 1. The number of amides is 1. The van der Waals surface area contributed by atoms with Crippen LogP contribution >= 0.6 is 0 Å². The van der Waals surface area contributed by atoms with E-state index in [4.69, 9.17) is 5.73 Å². The van der Waals surface area contributed by atoms with E-state index in [1.165, 1.54) is 0 Å². The lowest BCUT2D eigenvalue weighted by atomic mass is 10.2. The lowest BCUT2D eigenvalue weighted by Crippen LogP contribution is -2.11. The number of nitrogen functional groups attached to an aromatic ring is 1. The monoisotopic (exact) mass is 215 g/mol. The molecule has 0 saturated carbocycles. The zero-order chi connectivity index (χ0) is 11.5. The van der Waals surface area contributed by atoms with Gasteiger partial charge in [-0.05, 0) is 36.8 Å². The molecule has 1 heterocycles. The summed E-state index contributed by atoms with van der Waals surface area (Å²) in [6.45, 7) is 1.90. The highest BCUT2D eigenvalue weighted by Crippen LogP contribution is 2.17. The van der Waals surface area contributed by atoms with Crippen LogP contribution in [0.2, 0.25) is 0 Å². The van der Waals surface area contributed by atoms with E-state index < -0.39 is 0 Å². The number of hydrogen-bond donors (Lipinski definition) is 3. The Morgan fingerprint density at radius 3 is 2.81 bits per heavy atom. The SMILES string of the molecule is Cc1cc(NC(=O)c2cc[nH]c2)ccc1N. The Balaban J connectivity index is 2.15. The third-order valence-electron chi connectivity index (χ3n) is 2.39. The molecular formula is C12H13N3O. The lowest BCUT2D eigenvalue weighted by Gasteiger charge is -2.06. The van der Waals surface area contributed by atoms with Gasteiger partial charge < -0.3 is 16.0 Å². The number of rotatable bonds is 2. The van der Waals surface area contributed by atoms with Crippen LogP contribution in [0.4, 0.5) is 11.4 Å². The first-order valence-electron chi connectivity index (χ1n) is 4.97. The predicted octanol–water partition coefficient (Wildman–Crippen LogP) is 2.16. The van der Waals surface area contributed by atoms with Crippen LogP contribution < -0.4 is 11.1 Å². The molecule has 4 heteroatoms. The minimum atomic E-state index is -0.134. The standard InChI is InChI=1S/C12H13N3O/c1-8-6-10(2-3-11(8)13)15-12(16)9-4-5-14-7-9/h2-7,14H,13H2,1H3,(H,15,16). The number of anilines is 2. The highest BCUT2D eigenvalue weighted by atomic mass is 16.1. The van der Waals surface area contributed by atoms with Crippen LogP contribution in [0, 0.1) is 6.92 Å². The number of aryl methyl sites for hydroxylation is 1. The quantitative estimate of drug-likeness (QED) is 0.672.